The number of nitrogens with one attached hydrogen (secondary N) is 2. The van der Waals surface area contributed by atoms with E-state index in [-0.39, 0.29) is 11.0 Å². The van der Waals surface area contributed by atoms with E-state index in [1.54, 1.807) is 11.3 Å². The number of unbranched alkanes of at least 4 members (excludes halogenated alkanes) is 2. The number of rotatable bonds is 5. The summed E-state index contributed by atoms with van der Waals surface area (Å²) < 4.78 is 0. The summed E-state index contributed by atoms with van der Waals surface area (Å²) >= 11 is 6.78. The summed E-state index contributed by atoms with van der Waals surface area (Å²) in [6.45, 7) is 2.10. The lowest BCUT2D eigenvalue weighted by Crippen LogP contribution is -2.33. The van der Waals surface area contributed by atoms with E-state index in [9.17, 15) is 10.1 Å². The monoisotopic (exact) mass is 335 g/mol. The summed E-state index contributed by atoms with van der Waals surface area (Å²) in [4.78, 5) is 13.0. The summed E-state index contributed by atoms with van der Waals surface area (Å²) in [7, 11) is 0. The van der Waals surface area contributed by atoms with Crippen LogP contribution in [0.1, 0.15) is 61.5 Å². The summed E-state index contributed by atoms with van der Waals surface area (Å²) in [5.74, 6) is -0.0641. The maximum absolute atomic E-state index is 11.8. The van der Waals surface area contributed by atoms with Crippen molar-refractivity contribution >= 4 is 39.6 Å². The number of thiophene rings is 1. The molecule has 6 heteroatoms. The molecule has 0 spiro atoms. The largest absolute Gasteiger partial charge is 0.323 e. The number of carbonyl (C=O) groups is 1. The molecule has 1 amide bonds. The Hall–Kier alpha value is -1.45. The molecule has 1 aromatic rings. The topological polar surface area (TPSA) is 64.9 Å². The zero-order valence-electron chi connectivity index (χ0n) is 12.8. The predicted octanol–water partition coefficient (Wildman–Crippen LogP) is 3.89. The molecule has 1 aliphatic carbocycles. The lowest BCUT2D eigenvalue weighted by Gasteiger charge is -2.09. The Morgan fingerprint density at radius 1 is 1.36 bits per heavy atom. The number of hydrogen-bond acceptors (Lipinski definition) is 4. The first-order chi connectivity index (χ1) is 10.7. The summed E-state index contributed by atoms with van der Waals surface area (Å²) in [5, 5.41) is 16.2. The van der Waals surface area contributed by atoms with E-state index in [2.05, 4.69) is 23.6 Å². The molecular weight excluding hydrogens is 314 g/mol. The maximum atomic E-state index is 11.8. The summed E-state index contributed by atoms with van der Waals surface area (Å²) in [6.07, 6.45) is 7.81. The van der Waals surface area contributed by atoms with Crippen LogP contribution >= 0.6 is 23.6 Å². The van der Waals surface area contributed by atoms with Crippen molar-refractivity contribution < 1.29 is 4.79 Å². The van der Waals surface area contributed by atoms with Crippen molar-refractivity contribution in [3.05, 3.63) is 16.0 Å². The Bertz CT molecular complexity index is 601. The molecule has 0 atom stereocenters. The number of nitriles is 1. The molecule has 0 saturated heterocycles. The molecule has 22 heavy (non-hydrogen) atoms. The molecule has 0 bridgehead atoms. The molecule has 2 N–H and O–H groups in total. The second kappa shape index (κ2) is 8.25. The predicted molar refractivity (Wildman–Crippen MR) is 94.2 cm³/mol. The third kappa shape index (κ3) is 4.28. The van der Waals surface area contributed by atoms with Gasteiger partial charge in [-0.2, -0.15) is 5.26 Å². The molecule has 0 aromatic carbocycles. The molecule has 1 heterocycles. The van der Waals surface area contributed by atoms with E-state index < -0.39 is 0 Å². The van der Waals surface area contributed by atoms with E-state index >= 15 is 0 Å². The van der Waals surface area contributed by atoms with Gasteiger partial charge < -0.3 is 10.6 Å². The first-order valence-electron chi connectivity index (χ1n) is 7.81. The number of fused-ring (bicyclic) bond motifs is 1. The van der Waals surface area contributed by atoms with Crippen LogP contribution in [0.15, 0.2) is 0 Å². The van der Waals surface area contributed by atoms with Crippen molar-refractivity contribution in [2.75, 3.05) is 5.32 Å². The fourth-order valence-electron chi connectivity index (χ4n) is 2.63. The zero-order valence-corrected chi connectivity index (χ0v) is 14.5. The van der Waals surface area contributed by atoms with Gasteiger partial charge in [0.25, 0.3) is 0 Å². The second-order valence-corrected chi connectivity index (χ2v) is 7.00. The number of aryl methyl sites for hydroxylation is 1. The molecule has 4 nitrogen and oxygen atoms in total. The zero-order chi connectivity index (χ0) is 15.9. The van der Waals surface area contributed by atoms with Crippen LogP contribution in [0.4, 0.5) is 5.00 Å². The molecule has 2 rings (SSSR count). The third-order valence-corrected chi connectivity index (χ3v) is 5.18. The fourth-order valence-corrected chi connectivity index (χ4v) is 4.16. The Balaban J connectivity index is 1.96. The average Bonchev–Trinajstić information content (AvgIpc) is 2.84. The quantitative estimate of drug-likeness (QED) is 0.633. The first-order valence-corrected chi connectivity index (χ1v) is 9.03. The minimum absolute atomic E-state index is 0.0641. The van der Waals surface area contributed by atoms with Crippen LogP contribution in [0.25, 0.3) is 0 Å². The van der Waals surface area contributed by atoms with E-state index in [1.807, 2.05) is 0 Å². The maximum Gasteiger partial charge on any atom is 0.226 e. The van der Waals surface area contributed by atoms with Crippen molar-refractivity contribution in [1.29, 1.82) is 5.26 Å². The van der Waals surface area contributed by atoms with Crippen molar-refractivity contribution in [2.24, 2.45) is 0 Å². The number of thiocarbonyl (C=S) groups is 1. The van der Waals surface area contributed by atoms with Crippen LogP contribution in [-0.2, 0) is 17.6 Å². The highest BCUT2D eigenvalue weighted by Gasteiger charge is 2.21. The number of carbonyl (C=O) groups excluding carboxylic acids is 1. The van der Waals surface area contributed by atoms with Crippen LogP contribution in [0.5, 0.6) is 0 Å². The minimum atomic E-state index is -0.0641. The summed E-state index contributed by atoms with van der Waals surface area (Å²) in [5.41, 5.74) is 1.86. The molecule has 0 fully saturated rings. The highest BCUT2D eigenvalue weighted by Crippen LogP contribution is 2.37. The number of hydrogen-bond donors (Lipinski definition) is 2. The van der Waals surface area contributed by atoms with E-state index in [4.69, 9.17) is 12.2 Å². The summed E-state index contributed by atoms with van der Waals surface area (Å²) in [6, 6.07) is 2.28. The van der Waals surface area contributed by atoms with Gasteiger partial charge in [0.1, 0.15) is 11.1 Å². The van der Waals surface area contributed by atoms with E-state index in [0.717, 1.165) is 43.5 Å². The number of amides is 1. The van der Waals surface area contributed by atoms with Gasteiger partial charge in [-0.25, -0.2) is 0 Å². The van der Waals surface area contributed by atoms with Crippen LogP contribution in [-0.4, -0.2) is 11.0 Å². The van der Waals surface area contributed by atoms with Gasteiger partial charge in [0.15, 0.2) is 5.11 Å². The fraction of sp³-hybridized carbons (Fsp3) is 0.562. The Kier molecular flexibility index (Phi) is 6.34. The molecule has 1 aromatic heterocycles. The van der Waals surface area contributed by atoms with E-state index in [1.165, 1.54) is 16.9 Å². The van der Waals surface area contributed by atoms with Crippen molar-refractivity contribution in [2.45, 2.75) is 58.3 Å². The second-order valence-electron chi connectivity index (χ2n) is 5.49. The Morgan fingerprint density at radius 3 is 2.86 bits per heavy atom. The van der Waals surface area contributed by atoms with Crippen LogP contribution in [0, 0.1) is 11.3 Å². The first kappa shape index (κ1) is 16.9. The van der Waals surface area contributed by atoms with Gasteiger partial charge in [-0.3, -0.25) is 4.79 Å². The van der Waals surface area contributed by atoms with Crippen molar-refractivity contribution in [1.82, 2.24) is 5.32 Å². The molecule has 0 radical (unpaired) electrons. The van der Waals surface area contributed by atoms with Gasteiger partial charge >= 0.3 is 0 Å². The molecule has 0 saturated carbocycles. The molecule has 1 aliphatic rings. The lowest BCUT2D eigenvalue weighted by atomic mass is 9.96. The van der Waals surface area contributed by atoms with Crippen molar-refractivity contribution in [3.63, 3.8) is 0 Å². The molecule has 118 valence electrons. The van der Waals surface area contributed by atoms with Gasteiger partial charge in [-0.05, 0) is 49.9 Å². The Labute approximate surface area is 140 Å². The average molecular weight is 335 g/mol. The smallest absolute Gasteiger partial charge is 0.226 e. The van der Waals surface area contributed by atoms with Crippen LogP contribution in [0.2, 0.25) is 0 Å². The number of anilines is 1. The molecular formula is C16H21N3OS2. The Morgan fingerprint density at radius 2 is 2.14 bits per heavy atom. The standard InChI is InChI=1S/C16H21N3OS2/c1-2-3-4-9-14(20)18-16(21)19-15-12(10-17)11-7-5-6-8-13(11)22-15/h2-9H2,1H3,(H2,18,19,20,21). The van der Waals surface area contributed by atoms with Crippen molar-refractivity contribution in [3.8, 4) is 6.07 Å². The number of nitrogens with zero attached hydrogens (tertiary/aromatic N) is 1. The van der Waals surface area contributed by atoms with Crippen LogP contribution < -0.4 is 10.6 Å². The van der Waals surface area contributed by atoms with Gasteiger partial charge in [-0.1, -0.05) is 19.8 Å². The molecule has 0 aliphatic heterocycles. The highest BCUT2D eigenvalue weighted by molar-refractivity contribution is 7.80. The highest BCUT2D eigenvalue weighted by atomic mass is 32.1. The third-order valence-electron chi connectivity index (χ3n) is 3.77. The SMILES string of the molecule is CCCCCC(=O)NC(=S)Nc1sc2c(c1C#N)CCCC2. The minimum Gasteiger partial charge on any atom is -0.323 e. The molecule has 0 unspecified atom stereocenters. The lowest BCUT2D eigenvalue weighted by molar-refractivity contribution is -0.119. The van der Waals surface area contributed by atoms with Gasteiger partial charge in [0.05, 0.1) is 5.56 Å². The van der Waals surface area contributed by atoms with Gasteiger partial charge in [-0.15, -0.1) is 11.3 Å². The normalized spacial score (nSPS) is 13.1. The van der Waals surface area contributed by atoms with Gasteiger partial charge in [0, 0.05) is 11.3 Å². The van der Waals surface area contributed by atoms with Crippen LogP contribution in [0.3, 0.4) is 0 Å². The van der Waals surface area contributed by atoms with E-state index in [0.29, 0.717) is 12.0 Å². The van der Waals surface area contributed by atoms with Gasteiger partial charge in [0.2, 0.25) is 5.91 Å².